The Kier molecular flexibility index (Phi) is 2.41. The van der Waals surface area contributed by atoms with Crippen LogP contribution in [-0.4, -0.2) is 14.2 Å². The maximum Gasteiger partial charge on any atom is 0.144 e. The summed E-state index contributed by atoms with van der Waals surface area (Å²) in [5.74, 6) is 1.86. The van der Waals surface area contributed by atoms with Crippen molar-refractivity contribution in [1.29, 1.82) is 0 Å². The van der Waals surface area contributed by atoms with Crippen LogP contribution >= 0.6 is 11.3 Å². The minimum Gasteiger partial charge on any atom is -0.495 e. The Balaban J connectivity index is 2.60. The van der Waals surface area contributed by atoms with Crippen molar-refractivity contribution in [3.8, 4) is 11.5 Å². The molecular weight excluding hydrogens is 232 g/mol. The molecule has 0 unspecified atom stereocenters. The van der Waals surface area contributed by atoms with Crippen LogP contribution in [0.15, 0.2) is 35.7 Å². The number of benzene rings is 2. The van der Waals surface area contributed by atoms with Gasteiger partial charge in [-0.15, -0.1) is 11.3 Å². The molecular formula is C14H12O2S. The molecule has 0 aliphatic heterocycles. The summed E-state index contributed by atoms with van der Waals surface area (Å²) in [5, 5.41) is 5.38. The van der Waals surface area contributed by atoms with Crippen LogP contribution in [-0.2, 0) is 0 Å². The molecule has 2 nitrogen and oxygen atoms in total. The molecule has 0 spiro atoms. The summed E-state index contributed by atoms with van der Waals surface area (Å²) >= 11 is 1.68. The first kappa shape index (κ1) is 10.4. The Morgan fingerprint density at radius 3 is 2.12 bits per heavy atom. The quantitative estimate of drug-likeness (QED) is 0.676. The summed E-state index contributed by atoms with van der Waals surface area (Å²) in [6, 6.07) is 10.2. The predicted octanol–water partition coefficient (Wildman–Crippen LogP) is 4.07. The second-order valence-corrected chi connectivity index (χ2v) is 4.69. The highest BCUT2D eigenvalue weighted by Crippen LogP contribution is 2.44. The number of methoxy groups -OCH3 is 2. The lowest BCUT2D eigenvalue weighted by Crippen LogP contribution is -1.90. The van der Waals surface area contributed by atoms with Crippen molar-refractivity contribution in [2.75, 3.05) is 14.2 Å². The van der Waals surface area contributed by atoms with Crippen LogP contribution in [0.4, 0.5) is 0 Å². The van der Waals surface area contributed by atoms with E-state index in [1.54, 1.807) is 25.6 Å². The molecule has 0 saturated carbocycles. The van der Waals surface area contributed by atoms with Gasteiger partial charge in [0.25, 0.3) is 0 Å². The molecule has 0 bridgehead atoms. The van der Waals surface area contributed by atoms with Gasteiger partial charge in [-0.1, -0.05) is 24.3 Å². The van der Waals surface area contributed by atoms with E-state index in [0.29, 0.717) is 0 Å². The lowest BCUT2D eigenvalue weighted by molar-refractivity contribution is 0.418. The van der Waals surface area contributed by atoms with Crippen molar-refractivity contribution < 1.29 is 9.47 Å². The summed E-state index contributed by atoms with van der Waals surface area (Å²) in [6.45, 7) is 0. The smallest absolute Gasteiger partial charge is 0.144 e. The maximum atomic E-state index is 5.55. The van der Waals surface area contributed by atoms with E-state index >= 15 is 0 Å². The third kappa shape index (κ3) is 1.39. The van der Waals surface area contributed by atoms with E-state index in [1.807, 2.05) is 12.1 Å². The Bertz CT molecular complexity index is 628. The van der Waals surface area contributed by atoms with Gasteiger partial charge in [0.2, 0.25) is 0 Å². The first-order valence-corrected chi connectivity index (χ1v) is 6.24. The normalized spacial score (nSPS) is 10.9. The van der Waals surface area contributed by atoms with E-state index in [1.165, 1.54) is 0 Å². The van der Waals surface area contributed by atoms with Crippen LogP contribution < -0.4 is 9.47 Å². The molecule has 1 heterocycles. The van der Waals surface area contributed by atoms with Crippen molar-refractivity contribution in [2.45, 2.75) is 0 Å². The molecule has 0 atom stereocenters. The molecule has 0 fully saturated rings. The first-order valence-electron chi connectivity index (χ1n) is 5.36. The van der Waals surface area contributed by atoms with Crippen molar-refractivity contribution in [1.82, 2.24) is 0 Å². The predicted molar refractivity (Wildman–Crippen MR) is 72.4 cm³/mol. The highest BCUT2D eigenvalue weighted by Gasteiger charge is 2.15. The zero-order valence-electron chi connectivity index (χ0n) is 9.69. The summed E-state index contributed by atoms with van der Waals surface area (Å²) in [7, 11) is 3.43. The van der Waals surface area contributed by atoms with Gasteiger partial charge in [-0.2, -0.15) is 0 Å². The lowest BCUT2D eigenvalue weighted by Gasteiger charge is -2.11. The van der Waals surface area contributed by atoms with Gasteiger partial charge < -0.3 is 9.47 Å². The van der Waals surface area contributed by atoms with Gasteiger partial charge in [0.15, 0.2) is 0 Å². The molecule has 0 aliphatic carbocycles. The van der Waals surface area contributed by atoms with Gasteiger partial charge in [-0.05, 0) is 11.4 Å². The molecule has 0 N–H and O–H groups in total. The molecule has 3 heteroatoms. The van der Waals surface area contributed by atoms with Crippen molar-refractivity contribution in [3.63, 3.8) is 0 Å². The third-order valence-corrected chi connectivity index (χ3v) is 3.85. The summed E-state index contributed by atoms with van der Waals surface area (Å²) in [4.78, 5) is 0. The summed E-state index contributed by atoms with van der Waals surface area (Å²) < 4.78 is 12.2. The molecule has 3 aromatic rings. The summed E-state index contributed by atoms with van der Waals surface area (Å²) in [6.07, 6.45) is 0. The monoisotopic (exact) mass is 244 g/mol. The van der Waals surface area contributed by atoms with Crippen LogP contribution in [0.5, 0.6) is 11.5 Å². The fraction of sp³-hybridized carbons (Fsp3) is 0.143. The lowest BCUT2D eigenvalue weighted by atomic mass is 10.1. The van der Waals surface area contributed by atoms with Crippen LogP contribution in [0.2, 0.25) is 0 Å². The van der Waals surface area contributed by atoms with Crippen molar-refractivity contribution in [3.05, 3.63) is 35.7 Å². The standard InChI is InChI=1S/C14H12O2S/c1-15-12-9-5-3-4-6-10(9)13(16-2)14-11(12)7-8-17-14/h3-8H,1-2H3. The Hall–Kier alpha value is -1.74. The maximum absolute atomic E-state index is 5.55. The van der Waals surface area contributed by atoms with E-state index in [4.69, 9.17) is 9.47 Å². The van der Waals surface area contributed by atoms with Crippen LogP contribution in [0, 0.1) is 0 Å². The first-order chi connectivity index (χ1) is 8.36. The largest absolute Gasteiger partial charge is 0.495 e. The zero-order valence-corrected chi connectivity index (χ0v) is 10.5. The van der Waals surface area contributed by atoms with E-state index < -0.39 is 0 Å². The Morgan fingerprint density at radius 1 is 0.824 bits per heavy atom. The topological polar surface area (TPSA) is 18.5 Å². The molecule has 0 amide bonds. The van der Waals surface area contributed by atoms with Gasteiger partial charge >= 0.3 is 0 Å². The average Bonchev–Trinajstić information content (AvgIpc) is 2.84. The van der Waals surface area contributed by atoms with Gasteiger partial charge in [0, 0.05) is 16.2 Å². The summed E-state index contributed by atoms with van der Waals surface area (Å²) in [5.41, 5.74) is 0. The molecule has 1 aromatic heterocycles. The van der Waals surface area contributed by atoms with E-state index in [0.717, 1.165) is 32.4 Å². The van der Waals surface area contributed by atoms with Crippen LogP contribution in [0.3, 0.4) is 0 Å². The van der Waals surface area contributed by atoms with Gasteiger partial charge in [0.05, 0.1) is 18.9 Å². The highest BCUT2D eigenvalue weighted by atomic mass is 32.1. The fourth-order valence-corrected chi connectivity index (χ4v) is 3.16. The number of thiophene rings is 1. The van der Waals surface area contributed by atoms with Gasteiger partial charge in [-0.3, -0.25) is 0 Å². The Morgan fingerprint density at radius 2 is 1.47 bits per heavy atom. The molecule has 0 aliphatic rings. The van der Waals surface area contributed by atoms with Gasteiger partial charge in [-0.25, -0.2) is 0 Å². The van der Waals surface area contributed by atoms with E-state index in [9.17, 15) is 0 Å². The molecule has 3 rings (SSSR count). The minimum absolute atomic E-state index is 0.928. The zero-order chi connectivity index (χ0) is 11.8. The van der Waals surface area contributed by atoms with E-state index in [2.05, 4.69) is 23.6 Å². The molecule has 86 valence electrons. The second kappa shape index (κ2) is 3.93. The van der Waals surface area contributed by atoms with Crippen LogP contribution in [0.1, 0.15) is 0 Å². The third-order valence-electron chi connectivity index (χ3n) is 2.94. The minimum atomic E-state index is 0.928. The Labute approximate surface area is 103 Å². The number of fused-ring (bicyclic) bond motifs is 2. The molecule has 0 saturated heterocycles. The fourth-order valence-electron chi connectivity index (χ4n) is 2.23. The SMILES string of the molecule is COc1c2ccccc2c(OC)c2sccc12. The second-order valence-electron chi connectivity index (χ2n) is 3.78. The number of hydrogen-bond donors (Lipinski definition) is 0. The molecule has 2 aromatic carbocycles. The number of rotatable bonds is 2. The highest BCUT2D eigenvalue weighted by molar-refractivity contribution is 7.17. The van der Waals surface area contributed by atoms with Crippen LogP contribution in [0.25, 0.3) is 20.9 Å². The molecule has 0 radical (unpaired) electrons. The molecule has 17 heavy (non-hydrogen) atoms. The average molecular weight is 244 g/mol. The van der Waals surface area contributed by atoms with E-state index in [-0.39, 0.29) is 0 Å². The van der Waals surface area contributed by atoms with Crippen molar-refractivity contribution in [2.24, 2.45) is 0 Å². The van der Waals surface area contributed by atoms with Crippen molar-refractivity contribution >= 4 is 32.2 Å². The number of ether oxygens (including phenoxy) is 2. The number of hydrogen-bond acceptors (Lipinski definition) is 3. The van der Waals surface area contributed by atoms with Gasteiger partial charge in [0.1, 0.15) is 11.5 Å².